The first-order chi connectivity index (χ1) is 7.29. The molecule has 1 heterocycles. The summed E-state index contributed by atoms with van der Waals surface area (Å²) in [6, 6.07) is 7.63. The van der Waals surface area contributed by atoms with E-state index < -0.39 is 0 Å². The molecular formula is C11H12N2O2. The number of carbonyl (C=O) groups is 1. The van der Waals surface area contributed by atoms with Crippen LogP contribution in [0.25, 0.3) is 0 Å². The number of methoxy groups -OCH3 is 1. The molecule has 0 fully saturated rings. The van der Waals surface area contributed by atoms with Gasteiger partial charge in [0.1, 0.15) is 5.75 Å². The van der Waals surface area contributed by atoms with Crippen molar-refractivity contribution in [3.05, 3.63) is 29.8 Å². The maximum Gasteiger partial charge on any atom is 0.248 e. The summed E-state index contributed by atoms with van der Waals surface area (Å²) in [6.45, 7) is 0.506. The van der Waals surface area contributed by atoms with Gasteiger partial charge in [-0.05, 0) is 17.7 Å². The van der Waals surface area contributed by atoms with Crippen LogP contribution in [-0.4, -0.2) is 24.2 Å². The van der Waals surface area contributed by atoms with Crippen LogP contribution < -0.4 is 4.74 Å². The maximum atomic E-state index is 11.3. The zero-order valence-corrected chi connectivity index (χ0v) is 8.51. The Hall–Kier alpha value is -1.84. The Morgan fingerprint density at radius 1 is 1.53 bits per heavy atom. The molecule has 2 rings (SSSR count). The molecule has 1 aliphatic rings. The van der Waals surface area contributed by atoms with E-state index in [-0.39, 0.29) is 5.91 Å². The zero-order chi connectivity index (χ0) is 10.7. The molecular weight excluding hydrogens is 192 g/mol. The number of hydrogen-bond donors (Lipinski definition) is 0. The van der Waals surface area contributed by atoms with Crippen molar-refractivity contribution in [3.8, 4) is 5.75 Å². The summed E-state index contributed by atoms with van der Waals surface area (Å²) in [4.78, 5) is 11.3. The van der Waals surface area contributed by atoms with Crippen LogP contribution in [0.2, 0.25) is 0 Å². The molecule has 0 radical (unpaired) electrons. The van der Waals surface area contributed by atoms with Crippen molar-refractivity contribution in [2.24, 2.45) is 5.10 Å². The molecule has 0 N–H and O–H groups in total. The van der Waals surface area contributed by atoms with Gasteiger partial charge in [-0.2, -0.15) is 5.10 Å². The van der Waals surface area contributed by atoms with Gasteiger partial charge in [0.05, 0.1) is 20.1 Å². The third-order valence-electron chi connectivity index (χ3n) is 2.24. The molecule has 1 aromatic carbocycles. The second kappa shape index (κ2) is 4.13. The minimum Gasteiger partial charge on any atom is -0.497 e. The van der Waals surface area contributed by atoms with Gasteiger partial charge >= 0.3 is 0 Å². The van der Waals surface area contributed by atoms with Crippen LogP contribution >= 0.6 is 0 Å². The Morgan fingerprint density at radius 3 is 3.07 bits per heavy atom. The highest BCUT2D eigenvalue weighted by Gasteiger charge is 2.16. The van der Waals surface area contributed by atoms with E-state index in [9.17, 15) is 4.79 Å². The third kappa shape index (κ3) is 2.15. The zero-order valence-electron chi connectivity index (χ0n) is 8.51. The lowest BCUT2D eigenvalue weighted by molar-refractivity contribution is -0.129. The van der Waals surface area contributed by atoms with E-state index >= 15 is 0 Å². The molecule has 4 heteroatoms. The Bertz CT molecular complexity index is 401. The largest absolute Gasteiger partial charge is 0.497 e. The summed E-state index contributed by atoms with van der Waals surface area (Å²) in [5.41, 5.74) is 1.02. The van der Waals surface area contributed by atoms with Crippen molar-refractivity contribution in [1.29, 1.82) is 0 Å². The first-order valence-corrected chi connectivity index (χ1v) is 4.75. The summed E-state index contributed by atoms with van der Waals surface area (Å²) in [6.07, 6.45) is 2.03. The fraction of sp³-hybridized carbons (Fsp3) is 0.273. The van der Waals surface area contributed by atoms with E-state index in [1.807, 2.05) is 24.3 Å². The Morgan fingerprint density at radius 2 is 2.40 bits per heavy atom. The van der Waals surface area contributed by atoms with Gasteiger partial charge < -0.3 is 4.74 Å². The fourth-order valence-corrected chi connectivity index (χ4v) is 1.46. The van der Waals surface area contributed by atoms with Crippen molar-refractivity contribution in [2.75, 3.05) is 7.11 Å². The average Bonchev–Trinajstić information content (AvgIpc) is 2.65. The lowest BCUT2D eigenvalue weighted by atomic mass is 10.2. The van der Waals surface area contributed by atoms with E-state index in [1.54, 1.807) is 13.3 Å². The van der Waals surface area contributed by atoms with Gasteiger partial charge in [-0.3, -0.25) is 4.79 Å². The molecule has 0 bridgehead atoms. The molecule has 1 aliphatic heterocycles. The van der Waals surface area contributed by atoms with Crippen LogP contribution in [0, 0.1) is 0 Å². The minimum absolute atomic E-state index is 0.0396. The van der Waals surface area contributed by atoms with Crippen molar-refractivity contribution in [1.82, 2.24) is 5.01 Å². The van der Waals surface area contributed by atoms with Crippen LogP contribution in [0.3, 0.4) is 0 Å². The minimum atomic E-state index is 0.0396. The third-order valence-corrected chi connectivity index (χ3v) is 2.24. The smallest absolute Gasteiger partial charge is 0.248 e. The van der Waals surface area contributed by atoms with E-state index in [0.717, 1.165) is 11.3 Å². The number of hydrogen-bond acceptors (Lipinski definition) is 3. The molecule has 15 heavy (non-hydrogen) atoms. The number of carbonyl (C=O) groups excluding carboxylic acids is 1. The van der Waals surface area contributed by atoms with Crippen LogP contribution in [0.5, 0.6) is 5.75 Å². The van der Waals surface area contributed by atoms with Crippen molar-refractivity contribution >= 4 is 12.1 Å². The van der Waals surface area contributed by atoms with Crippen LogP contribution in [0.1, 0.15) is 12.0 Å². The molecule has 78 valence electrons. The Labute approximate surface area is 88.2 Å². The molecule has 0 saturated heterocycles. The molecule has 0 saturated carbocycles. The highest BCUT2D eigenvalue weighted by Crippen LogP contribution is 2.15. The molecule has 0 atom stereocenters. The van der Waals surface area contributed by atoms with E-state index in [0.29, 0.717) is 13.0 Å². The number of ether oxygens (including phenoxy) is 1. The SMILES string of the molecule is COc1cccc(CN2N=CCC2=O)c1. The second-order valence-corrected chi connectivity index (χ2v) is 3.31. The summed E-state index contributed by atoms with van der Waals surface area (Å²) in [7, 11) is 1.62. The number of amides is 1. The highest BCUT2D eigenvalue weighted by molar-refractivity contribution is 5.93. The second-order valence-electron chi connectivity index (χ2n) is 3.31. The van der Waals surface area contributed by atoms with Crippen molar-refractivity contribution in [2.45, 2.75) is 13.0 Å². The normalized spacial score (nSPS) is 14.7. The maximum absolute atomic E-state index is 11.3. The van der Waals surface area contributed by atoms with Gasteiger partial charge in [0.2, 0.25) is 5.91 Å². The number of nitrogens with zero attached hydrogens (tertiary/aromatic N) is 2. The number of hydrazone groups is 1. The monoisotopic (exact) mass is 204 g/mol. The molecule has 4 nitrogen and oxygen atoms in total. The molecule has 1 aromatic rings. The first kappa shape index (κ1) is 9.71. The van der Waals surface area contributed by atoms with E-state index in [1.165, 1.54) is 5.01 Å². The molecule has 0 unspecified atom stereocenters. The lowest BCUT2D eigenvalue weighted by Gasteiger charge is -2.12. The van der Waals surface area contributed by atoms with Gasteiger partial charge in [0, 0.05) is 6.21 Å². The average molecular weight is 204 g/mol. The van der Waals surface area contributed by atoms with Crippen LogP contribution in [0.4, 0.5) is 0 Å². The predicted molar refractivity (Wildman–Crippen MR) is 56.7 cm³/mol. The van der Waals surface area contributed by atoms with E-state index in [2.05, 4.69) is 5.10 Å². The quantitative estimate of drug-likeness (QED) is 0.747. The van der Waals surface area contributed by atoms with Gasteiger partial charge in [-0.25, -0.2) is 5.01 Å². The van der Waals surface area contributed by atoms with Crippen molar-refractivity contribution < 1.29 is 9.53 Å². The first-order valence-electron chi connectivity index (χ1n) is 4.75. The van der Waals surface area contributed by atoms with Gasteiger partial charge in [-0.1, -0.05) is 12.1 Å². The standard InChI is InChI=1S/C11H12N2O2/c1-15-10-4-2-3-9(7-10)8-13-11(14)5-6-12-13/h2-4,6-7H,5,8H2,1H3. The summed E-state index contributed by atoms with van der Waals surface area (Å²) in [5, 5.41) is 5.45. The molecule has 0 spiro atoms. The molecule has 1 amide bonds. The van der Waals surface area contributed by atoms with Crippen LogP contribution in [-0.2, 0) is 11.3 Å². The van der Waals surface area contributed by atoms with Gasteiger partial charge in [0.25, 0.3) is 0 Å². The summed E-state index contributed by atoms with van der Waals surface area (Å²) >= 11 is 0. The predicted octanol–water partition coefficient (Wildman–Crippen LogP) is 1.41. The topological polar surface area (TPSA) is 41.9 Å². The van der Waals surface area contributed by atoms with Gasteiger partial charge in [0.15, 0.2) is 0 Å². The fourth-order valence-electron chi connectivity index (χ4n) is 1.46. The van der Waals surface area contributed by atoms with Crippen molar-refractivity contribution in [3.63, 3.8) is 0 Å². The number of rotatable bonds is 3. The Kier molecular flexibility index (Phi) is 2.67. The van der Waals surface area contributed by atoms with Crippen LogP contribution in [0.15, 0.2) is 29.4 Å². The van der Waals surface area contributed by atoms with E-state index in [4.69, 9.17) is 4.74 Å². The number of benzene rings is 1. The highest BCUT2D eigenvalue weighted by atomic mass is 16.5. The summed E-state index contributed by atoms with van der Waals surface area (Å²) in [5.74, 6) is 0.834. The molecule has 0 aliphatic carbocycles. The Balaban J connectivity index is 2.10. The summed E-state index contributed by atoms with van der Waals surface area (Å²) < 4.78 is 5.10. The van der Waals surface area contributed by atoms with Gasteiger partial charge in [-0.15, -0.1) is 0 Å². The molecule has 0 aromatic heterocycles. The lowest BCUT2D eigenvalue weighted by Crippen LogP contribution is -2.19.